The molecule has 2 aliphatic rings. The van der Waals surface area contributed by atoms with Crippen LogP contribution in [0, 0.1) is 0 Å². The Morgan fingerprint density at radius 2 is 2.00 bits per heavy atom. The van der Waals surface area contributed by atoms with Gasteiger partial charge in [0.2, 0.25) is 0 Å². The maximum atomic E-state index is 5.50. The fraction of sp³-hybridized carbons (Fsp3) is 0.571. The lowest BCUT2D eigenvalue weighted by atomic mass is 9.75. The molecule has 1 fully saturated rings. The molecule has 1 saturated heterocycles. The zero-order chi connectivity index (χ0) is 11.0. The van der Waals surface area contributed by atoms with E-state index in [1.54, 1.807) is 7.11 Å². The molecule has 16 heavy (non-hydrogen) atoms. The molecule has 2 nitrogen and oxygen atoms in total. The van der Waals surface area contributed by atoms with Gasteiger partial charge in [0.25, 0.3) is 0 Å². The Bertz CT molecular complexity index is 392. The van der Waals surface area contributed by atoms with Crippen molar-refractivity contribution in [3.63, 3.8) is 0 Å². The SMILES string of the molecule is COc1cccc2c1CCC21CCOCC1. The Morgan fingerprint density at radius 1 is 1.19 bits per heavy atom. The van der Waals surface area contributed by atoms with Gasteiger partial charge in [-0.3, -0.25) is 0 Å². The van der Waals surface area contributed by atoms with Gasteiger partial charge in [-0.25, -0.2) is 0 Å². The van der Waals surface area contributed by atoms with E-state index in [1.165, 1.54) is 36.8 Å². The summed E-state index contributed by atoms with van der Waals surface area (Å²) in [5.74, 6) is 1.07. The minimum atomic E-state index is 0.391. The van der Waals surface area contributed by atoms with Crippen molar-refractivity contribution < 1.29 is 9.47 Å². The van der Waals surface area contributed by atoms with Crippen molar-refractivity contribution in [2.45, 2.75) is 31.1 Å². The second-order valence-electron chi connectivity index (χ2n) is 4.88. The van der Waals surface area contributed by atoms with E-state index in [9.17, 15) is 0 Å². The number of hydrogen-bond donors (Lipinski definition) is 0. The van der Waals surface area contributed by atoms with Gasteiger partial charge in [0, 0.05) is 18.6 Å². The number of hydrogen-bond acceptors (Lipinski definition) is 2. The normalized spacial score (nSPS) is 22.1. The molecular weight excluding hydrogens is 200 g/mol. The summed E-state index contributed by atoms with van der Waals surface area (Å²) in [5, 5.41) is 0. The number of methoxy groups -OCH3 is 1. The highest BCUT2D eigenvalue weighted by Gasteiger charge is 2.40. The summed E-state index contributed by atoms with van der Waals surface area (Å²) in [7, 11) is 1.77. The molecule has 0 amide bonds. The third-order valence-corrected chi connectivity index (χ3v) is 4.23. The van der Waals surface area contributed by atoms with Crippen molar-refractivity contribution in [1.82, 2.24) is 0 Å². The van der Waals surface area contributed by atoms with Gasteiger partial charge in [-0.15, -0.1) is 0 Å². The van der Waals surface area contributed by atoms with Crippen molar-refractivity contribution >= 4 is 0 Å². The maximum Gasteiger partial charge on any atom is 0.122 e. The Labute approximate surface area is 96.6 Å². The van der Waals surface area contributed by atoms with Gasteiger partial charge < -0.3 is 9.47 Å². The summed E-state index contributed by atoms with van der Waals surface area (Å²) < 4.78 is 11.0. The second kappa shape index (κ2) is 3.77. The first-order valence-corrected chi connectivity index (χ1v) is 6.10. The molecule has 0 radical (unpaired) electrons. The van der Waals surface area contributed by atoms with Crippen LogP contribution in [-0.4, -0.2) is 20.3 Å². The summed E-state index contributed by atoms with van der Waals surface area (Å²) >= 11 is 0. The van der Waals surface area contributed by atoms with Gasteiger partial charge in [0.15, 0.2) is 0 Å². The van der Waals surface area contributed by atoms with Crippen LogP contribution in [0.1, 0.15) is 30.4 Å². The van der Waals surface area contributed by atoms with E-state index < -0.39 is 0 Å². The lowest BCUT2D eigenvalue weighted by Crippen LogP contribution is -2.31. The van der Waals surface area contributed by atoms with Crippen LogP contribution in [-0.2, 0) is 16.6 Å². The monoisotopic (exact) mass is 218 g/mol. The van der Waals surface area contributed by atoms with Crippen LogP contribution in [0.15, 0.2) is 18.2 Å². The Balaban J connectivity index is 2.04. The van der Waals surface area contributed by atoms with Gasteiger partial charge in [-0.1, -0.05) is 12.1 Å². The molecule has 3 rings (SSSR count). The predicted molar refractivity (Wildman–Crippen MR) is 63.0 cm³/mol. The van der Waals surface area contributed by atoms with Crippen LogP contribution in [0.4, 0.5) is 0 Å². The first-order valence-electron chi connectivity index (χ1n) is 6.10. The predicted octanol–water partition coefficient (Wildman–Crippen LogP) is 2.69. The zero-order valence-corrected chi connectivity index (χ0v) is 9.79. The van der Waals surface area contributed by atoms with Crippen molar-refractivity contribution in [2.24, 2.45) is 0 Å². The van der Waals surface area contributed by atoms with Crippen LogP contribution in [0.2, 0.25) is 0 Å². The average molecular weight is 218 g/mol. The maximum absolute atomic E-state index is 5.50. The third-order valence-electron chi connectivity index (χ3n) is 4.23. The van der Waals surface area contributed by atoms with Gasteiger partial charge in [-0.2, -0.15) is 0 Å². The second-order valence-corrected chi connectivity index (χ2v) is 4.88. The van der Waals surface area contributed by atoms with Crippen LogP contribution >= 0.6 is 0 Å². The number of rotatable bonds is 1. The molecule has 0 saturated carbocycles. The molecule has 86 valence electrons. The lowest BCUT2D eigenvalue weighted by Gasteiger charge is -2.34. The smallest absolute Gasteiger partial charge is 0.122 e. The minimum absolute atomic E-state index is 0.391. The lowest BCUT2D eigenvalue weighted by molar-refractivity contribution is 0.0506. The van der Waals surface area contributed by atoms with Crippen molar-refractivity contribution in [1.29, 1.82) is 0 Å². The molecule has 1 aliphatic heterocycles. The van der Waals surface area contributed by atoms with E-state index in [0.717, 1.165) is 19.0 Å². The van der Waals surface area contributed by atoms with E-state index in [2.05, 4.69) is 18.2 Å². The van der Waals surface area contributed by atoms with Crippen molar-refractivity contribution in [2.75, 3.05) is 20.3 Å². The molecule has 1 spiro atoms. The largest absolute Gasteiger partial charge is 0.496 e. The number of ether oxygens (including phenoxy) is 2. The molecule has 0 atom stereocenters. The molecule has 0 N–H and O–H groups in total. The summed E-state index contributed by atoms with van der Waals surface area (Å²) in [6, 6.07) is 6.49. The highest BCUT2D eigenvalue weighted by Crippen LogP contribution is 2.48. The molecular formula is C14H18O2. The molecule has 1 heterocycles. The van der Waals surface area contributed by atoms with Gasteiger partial charge in [0.1, 0.15) is 5.75 Å². The quantitative estimate of drug-likeness (QED) is 0.721. The number of fused-ring (bicyclic) bond motifs is 2. The molecule has 1 aromatic rings. The molecule has 1 aromatic carbocycles. The molecule has 2 heteroatoms. The van der Waals surface area contributed by atoms with E-state index in [4.69, 9.17) is 9.47 Å². The Kier molecular flexibility index (Phi) is 2.40. The fourth-order valence-corrected chi connectivity index (χ4v) is 3.29. The summed E-state index contributed by atoms with van der Waals surface area (Å²) in [4.78, 5) is 0. The Morgan fingerprint density at radius 3 is 2.75 bits per heavy atom. The first kappa shape index (κ1) is 10.2. The van der Waals surface area contributed by atoms with Crippen molar-refractivity contribution in [3.8, 4) is 5.75 Å². The number of benzene rings is 1. The van der Waals surface area contributed by atoms with E-state index in [0.29, 0.717) is 5.41 Å². The minimum Gasteiger partial charge on any atom is -0.496 e. The highest BCUT2D eigenvalue weighted by atomic mass is 16.5. The van der Waals surface area contributed by atoms with Crippen molar-refractivity contribution in [3.05, 3.63) is 29.3 Å². The van der Waals surface area contributed by atoms with Crippen LogP contribution in [0.25, 0.3) is 0 Å². The zero-order valence-electron chi connectivity index (χ0n) is 9.79. The third kappa shape index (κ3) is 1.36. The first-order chi connectivity index (χ1) is 7.86. The average Bonchev–Trinajstić information content (AvgIpc) is 2.70. The fourth-order valence-electron chi connectivity index (χ4n) is 3.29. The van der Waals surface area contributed by atoms with E-state index in [1.807, 2.05) is 0 Å². The van der Waals surface area contributed by atoms with E-state index >= 15 is 0 Å². The molecule has 0 bridgehead atoms. The van der Waals surface area contributed by atoms with Crippen LogP contribution in [0.3, 0.4) is 0 Å². The molecule has 0 unspecified atom stereocenters. The summed E-state index contributed by atoms with van der Waals surface area (Å²) in [6.45, 7) is 1.83. The standard InChI is InChI=1S/C14H18O2/c1-15-13-4-2-3-12-11(13)5-6-14(12)7-9-16-10-8-14/h2-4H,5-10H2,1H3. The summed E-state index contributed by atoms with van der Waals surface area (Å²) in [5.41, 5.74) is 3.35. The molecule has 1 aliphatic carbocycles. The van der Waals surface area contributed by atoms with Gasteiger partial charge in [0.05, 0.1) is 7.11 Å². The summed E-state index contributed by atoms with van der Waals surface area (Å²) in [6.07, 6.45) is 4.78. The van der Waals surface area contributed by atoms with Gasteiger partial charge in [-0.05, 0) is 42.9 Å². The highest BCUT2D eigenvalue weighted by molar-refractivity contribution is 5.48. The topological polar surface area (TPSA) is 18.5 Å². The molecule has 0 aromatic heterocycles. The van der Waals surface area contributed by atoms with Crippen LogP contribution in [0.5, 0.6) is 5.75 Å². The van der Waals surface area contributed by atoms with E-state index in [-0.39, 0.29) is 0 Å². The Hall–Kier alpha value is -1.02. The van der Waals surface area contributed by atoms with Crippen LogP contribution < -0.4 is 4.74 Å². The van der Waals surface area contributed by atoms with Gasteiger partial charge >= 0.3 is 0 Å².